The Morgan fingerprint density at radius 2 is 1.75 bits per heavy atom. The van der Waals surface area contributed by atoms with Gasteiger partial charge in [-0.05, 0) is 19.9 Å². The van der Waals surface area contributed by atoms with Crippen LogP contribution < -0.4 is 0 Å². The Hall–Kier alpha value is -0.200. The van der Waals surface area contributed by atoms with Crippen LogP contribution in [0.4, 0.5) is 0 Å². The van der Waals surface area contributed by atoms with E-state index in [1.807, 2.05) is 7.05 Å². The van der Waals surface area contributed by atoms with Crippen molar-refractivity contribution in [1.29, 1.82) is 0 Å². The van der Waals surface area contributed by atoms with Gasteiger partial charge in [0, 0.05) is 40.0 Å². The van der Waals surface area contributed by atoms with Gasteiger partial charge in [0.2, 0.25) is 0 Å². The summed E-state index contributed by atoms with van der Waals surface area (Å²) < 4.78 is 5.00. The molecule has 5 nitrogen and oxygen atoms in total. The molecule has 0 amide bonds. The Kier molecular flexibility index (Phi) is 11.1. The minimum Gasteiger partial charge on any atom is -0.396 e. The number of nitrogens with zero attached hydrogens (tertiary/aromatic N) is 2. The molecule has 0 aromatic rings. The lowest BCUT2D eigenvalue weighted by molar-refractivity contribution is 0.107. The zero-order valence-corrected chi connectivity index (χ0v) is 10.6. The van der Waals surface area contributed by atoms with E-state index in [1.165, 1.54) is 0 Å². The lowest BCUT2D eigenvalue weighted by Crippen LogP contribution is -2.38. The van der Waals surface area contributed by atoms with Crippen molar-refractivity contribution in [3.63, 3.8) is 0 Å². The molecule has 98 valence electrons. The van der Waals surface area contributed by atoms with E-state index in [1.54, 1.807) is 7.11 Å². The molecule has 5 heteroatoms. The second-order valence-electron chi connectivity index (χ2n) is 3.99. The minimum atomic E-state index is 0.181. The third kappa shape index (κ3) is 9.06. The standard InChI is InChI=1S/C11H26N2O3/c1-12(5-3-8-14)11-13(7-9-15)6-4-10-16-2/h14-15H,3-11H2,1-2H3. The summed E-state index contributed by atoms with van der Waals surface area (Å²) in [6.07, 6.45) is 1.77. The molecule has 0 fully saturated rings. The van der Waals surface area contributed by atoms with E-state index in [9.17, 15) is 0 Å². The van der Waals surface area contributed by atoms with Crippen LogP contribution in [0.3, 0.4) is 0 Å². The second kappa shape index (κ2) is 11.3. The molecular formula is C11H26N2O3. The number of aliphatic hydroxyl groups excluding tert-OH is 2. The van der Waals surface area contributed by atoms with Gasteiger partial charge in [0.05, 0.1) is 13.3 Å². The van der Waals surface area contributed by atoms with Gasteiger partial charge in [0.15, 0.2) is 0 Å². The van der Waals surface area contributed by atoms with Crippen molar-refractivity contribution in [2.45, 2.75) is 12.8 Å². The largest absolute Gasteiger partial charge is 0.396 e. The van der Waals surface area contributed by atoms with Gasteiger partial charge in [0.25, 0.3) is 0 Å². The highest BCUT2D eigenvalue weighted by molar-refractivity contribution is 4.58. The predicted molar refractivity (Wildman–Crippen MR) is 64.4 cm³/mol. The number of methoxy groups -OCH3 is 1. The first kappa shape index (κ1) is 15.8. The van der Waals surface area contributed by atoms with E-state index >= 15 is 0 Å². The molecule has 0 aromatic carbocycles. The maximum Gasteiger partial charge on any atom is 0.0558 e. The number of hydrogen-bond donors (Lipinski definition) is 2. The first-order valence-electron chi connectivity index (χ1n) is 5.86. The summed E-state index contributed by atoms with van der Waals surface area (Å²) in [6, 6.07) is 0. The third-order valence-corrected chi connectivity index (χ3v) is 2.38. The first-order valence-corrected chi connectivity index (χ1v) is 5.86. The summed E-state index contributed by atoms with van der Waals surface area (Å²) in [5.74, 6) is 0. The summed E-state index contributed by atoms with van der Waals surface area (Å²) >= 11 is 0. The molecule has 16 heavy (non-hydrogen) atoms. The van der Waals surface area contributed by atoms with Crippen LogP contribution in [0.5, 0.6) is 0 Å². The highest BCUT2D eigenvalue weighted by Crippen LogP contribution is 1.96. The summed E-state index contributed by atoms with van der Waals surface area (Å²) in [4.78, 5) is 4.34. The summed E-state index contributed by atoms with van der Waals surface area (Å²) in [5, 5.41) is 17.7. The molecule has 0 atom stereocenters. The van der Waals surface area contributed by atoms with Gasteiger partial charge in [-0.3, -0.25) is 9.80 Å². The number of aliphatic hydroxyl groups is 2. The van der Waals surface area contributed by atoms with Crippen molar-refractivity contribution in [1.82, 2.24) is 9.80 Å². The van der Waals surface area contributed by atoms with E-state index in [2.05, 4.69) is 9.80 Å². The van der Waals surface area contributed by atoms with Crippen molar-refractivity contribution in [2.24, 2.45) is 0 Å². The van der Waals surface area contributed by atoms with Gasteiger partial charge in [-0.2, -0.15) is 0 Å². The van der Waals surface area contributed by atoms with Crippen molar-refractivity contribution in [3.8, 4) is 0 Å². The number of hydrogen-bond acceptors (Lipinski definition) is 5. The van der Waals surface area contributed by atoms with E-state index in [-0.39, 0.29) is 13.2 Å². The normalized spacial score (nSPS) is 11.6. The maximum atomic E-state index is 8.95. The second-order valence-corrected chi connectivity index (χ2v) is 3.99. The van der Waals surface area contributed by atoms with Gasteiger partial charge < -0.3 is 14.9 Å². The molecule has 0 bridgehead atoms. The molecular weight excluding hydrogens is 208 g/mol. The van der Waals surface area contributed by atoms with E-state index in [0.717, 1.165) is 39.2 Å². The van der Waals surface area contributed by atoms with Crippen LogP contribution in [0.15, 0.2) is 0 Å². The summed E-state index contributed by atoms with van der Waals surface area (Å²) in [7, 11) is 3.72. The fourth-order valence-corrected chi connectivity index (χ4v) is 1.58. The van der Waals surface area contributed by atoms with Crippen molar-refractivity contribution < 1.29 is 14.9 Å². The van der Waals surface area contributed by atoms with Crippen LogP contribution in [0.2, 0.25) is 0 Å². The van der Waals surface area contributed by atoms with Crippen molar-refractivity contribution in [2.75, 3.05) is 60.3 Å². The third-order valence-electron chi connectivity index (χ3n) is 2.38. The molecule has 0 rings (SSSR count). The Morgan fingerprint density at radius 1 is 1.00 bits per heavy atom. The summed E-state index contributed by atoms with van der Waals surface area (Å²) in [5.41, 5.74) is 0. The van der Waals surface area contributed by atoms with Gasteiger partial charge in [-0.15, -0.1) is 0 Å². The zero-order valence-electron chi connectivity index (χ0n) is 10.6. The Labute approximate surface area is 98.6 Å². The maximum absolute atomic E-state index is 8.95. The van der Waals surface area contributed by atoms with E-state index < -0.39 is 0 Å². The average molecular weight is 234 g/mol. The number of rotatable bonds is 11. The molecule has 0 aliphatic carbocycles. The van der Waals surface area contributed by atoms with Crippen molar-refractivity contribution in [3.05, 3.63) is 0 Å². The van der Waals surface area contributed by atoms with E-state index in [4.69, 9.17) is 14.9 Å². The SMILES string of the molecule is COCCCN(CCO)CN(C)CCCO. The highest BCUT2D eigenvalue weighted by atomic mass is 16.5. The fraction of sp³-hybridized carbons (Fsp3) is 1.00. The van der Waals surface area contributed by atoms with E-state index in [0.29, 0.717) is 6.54 Å². The molecule has 0 saturated carbocycles. The monoisotopic (exact) mass is 234 g/mol. The minimum absolute atomic E-state index is 0.181. The molecule has 0 aliphatic heterocycles. The summed E-state index contributed by atoms with van der Waals surface area (Å²) in [6.45, 7) is 4.48. The predicted octanol–water partition coefficient (Wildman–Crippen LogP) is -0.411. The number of ether oxygens (including phenoxy) is 1. The van der Waals surface area contributed by atoms with Gasteiger partial charge in [-0.1, -0.05) is 0 Å². The molecule has 0 saturated heterocycles. The molecule has 0 heterocycles. The topological polar surface area (TPSA) is 56.2 Å². The smallest absolute Gasteiger partial charge is 0.0558 e. The lowest BCUT2D eigenvalue weighted by Gasteiger charge is -2.27. The Bertz CT molecular complexity index is 147. The highest BCUT2D eigenvalue weighted by Gasteiger charge is 2.07. The molecule has 2 N–H and O–H groups in total. The van der Waals surface area contributed by atoms with Crippen LogP contribution in [0.1, 0.15) is 12.8 Å². The quantitative estimate of drug-likeness (QED) is 0.376. The van der Waals surface area contributed by atoms with Crippen LogP contribution >= 0.6 is 0 Å². The molecule has 0 spiro atoms. The zero-order chi connectivity index (χ0) is 12.2. The van der Waals surface area contributed by atoms with Crippen molar-refractivity contribution >= 4 is 0 Å². The van der Waals surface area contributed by atoms with Gasteiger partial charge in [-0.25, -0.2) is 0 Å². The van der Waals surface area contributed by atoms with Crippen LogP contribution in [-0.2, 0) is 4.74 Å². The van der Waals surface area contributed by atoms with Gasteiger partial charge in [0.1, 0.15) is 0 Å². The van der Waals surface area contributed by atoms with Crippen LogP contribution in [0, 0.1) is 0 Å². The van der Waals surface area contributed by atoms with Crippen LogP contribution in [-0.4, -0.2) is 80.3 Å². The average Bonchev–Trinajstić information content (AvgIpc) is 2.27. The molecule has 0 radical (unpaired) electrons. The Morgan fingerprint density at radius 3 is 2.31 bits per heavy atom. The molecule has 0 unspecified atom stereocenters. The Balaban J connectivity index is 3.72. The van der Waals surface area contributed by atoms with Crippen LogP contribution in [0.25, 0.3) is 0 Å². The lowest BCUT2D eigenvalue weighted by atomic mass is 10.4. The molecule has 0 aromatic heterocycles. The first-order chi connectivity index (χ1) is 7.74. The van der Waals surface area contributed by atoms with Gasteiger partial charge >= 0.3 is 0 Å². The molecule has 0 aliphatic rings. The fourth-order valence-electron chi connectivity index (χ4n) is 1.58.